The van der Waals surface area contributed by atoms with Gasteiger partial charge in [-0.25, -0.2) is 9.78 Å². The van der Waals surface area contributed by atoms with Gasteiger partial charge in [0.05, 0.1) is 12.7 Å². The Morgan fingerprint density at radius 3 is 2.36 bits per heavy atom. The maximum atomic E-state index is 13.3. The minimum Gasteiger partial charge on any atom is -0.444 e. The van der Waals surface area contributed by atoms with Gasteiger partial charge in [-0.05, 0) is 43.7 Å². The zero-order chi connectivity index (χ0) is 23.6. The molecule has 0 saturated heterocycles. The second-order valence-corrected chi connectivity index (χ2v) is 7.38. The summed E-state index contributed by atoms with van der Waals surface area (Å²) in [6.07, 6.45) is -0.108. The van der Waals surface area contributed by atoms with Crippen molar-refractivity contribution < 1.29 is 19.0 Å². The maximum Gasteiger partial charge on any atom is 0.412 e. The molecule has 3 rings (SSSR count). The molecule has 2 aromatic carbocycles. The van der Waals surface area contributed by atoms with Gasteiger partial charge in [0.25, 0.3) is 5.56 Å². The van der Waals surface area contributed by atoms with Crippen molar-refractivity contribution in [2.45, 2.75) is 33.3 Å². The summed E-state index contributed by atoms with van der Waals surface area (Å²) in [6.45, 7) is 4.66. The Hall–Kier alpha value is -3.20. The van der Waals surface area contributed by atoms with Crippen molar-refractivity contribution in [2.24, 2.45) is 0 Å². The Bertz CT molecular complexity index is 1100. The SMILES string of the molecule is CCOC(Cn1c(-c2ccc(Cl)cc2)ncc(NC(=O)OCc2ccccc2)c1=O)OCC. The highest BCUT2D eigenvalue weighted by Gasteiger charge is 2.19. The number of carbonyl (C=O) groups excluding carboxylic acids is 1. The molecule has 1 heterocycles. The second kappa shape index (κ2) is 12.2. The maximum absolute atomic E-state index is 13.3. The van der Waals surface area contributed by atoms with Gasteiger partial charge in [0.2, 0.25) is 0 Å². The lowest BCUT2D eigenvalue weighted by Crippen LogP contribution is -2.34. The highest BCUT2D eigenvalue weighted by molar-refractivity contribution is 6.30. The van der Waals surface area contributed by atoms with Gasteiger partial charge in [-0.15, -0.1) is 0 Å². The smallest absolute Gasteiger partial charge is 0.412 e. The third-order valence-electron chi connectivity index (χ3n) is 4.64. The molecule has 1 N–H and O–H groups in total. The van der Waals surface area contributed by atoms with Gasteiger partial charge in [-0.1, -0.05) is 41.9 Å². The number of hydrogen-bond acceptors (Lipinski definition) is 6. The van der Waals surface area contributed by atoms with Crippen molar-refractivity contribution in [3.05, 3.63) is 81.7 Å². The molecule has 0 spiro atoms. The van der Waals surface area contributed by atoms with Crippen molar-refractivity contribution in [2.75, 3.05) is 18.5 Å². The molecule has 8 nitrogen and oxygen atoms in total. The van der Waals surface area contributed by atoms with E-state index in [1.54, 1.807) is 24.3 Å². The van der Waals surface area contributed by atoms with Crippen LogP contribution in [0.1, 0.15) is 19.4 Å². The minimum atomic E-state index is -0.755. The van der Waals surface area contributed by atoms with Crippen molar-refractivity contribution in [1.82, 2.24) is 9.55 Å². The molecule has 0 fully saturated rings. The number of nitrogens with one attached hydrogen (secondary N) is 1. The van der Waals surface area contributed by atoms with Crippen LogP contribution in [0, 0.1) is 0 Å². The van der Waals surface area contributed by atoms with Crippen LogP contribution >= 0.6 is 11.6 Å². The van der Waals surface area contributed by atoms with E-state index in [9.17, 15) is 9.59 Å². The lowest BCUT2D eigenvalue weighted by molar-refractivity contribution is -0.143. The summed E-state index contributed by atoms with van der Waals surface area (Å²) in [5.74, 6) is 0.393. The lowest BCUT2D eigenvalue weighted by atomic mass is 10.2. The van der Waals surface area contributed by atoms with Crippen LogP contribution < -0.4 is 10.9 Å². The van der Waals surface area contributed by atoms with E-state index >= 15 is 0 Å². The summed E-state index contributed by atoms with van der Waals surface area (Å²) >= 11 is 6.00. The van der Waals surface area contributed by atoms with Crippen molar-refractivity contribution in [1.29, 1.82) is 0 Å². The number of carbonyl (C=O) groups is 1. The molecule has 0 atom stereocenters. The first-order valence-electron chi connectivity index (χ1n) is 10.6. The van der Waals surface area contributed by atoms with E-state index in [4.69, 9.17) is 25.8 Å². The highest BCUT2D eigenvalue weighted by Crippen LogP contribution is 2.20. The fourth-order valence-electron chi connectivity index (χ4n) is 3.12. The average molecular weight is 472 g/mol. The van der Waals surface area contributed by atoms with E-state index in [-0.39, 0.29) is 18.8 Å². The monoisotopic (exact) mass is 471 g/mol. The molecule has 0 unspecified atom stereocenters. The average Bonchev–Trinajstić information content (AvgIpc) is 2.82. The molecule has 0 bridgehead atoms. The summed E-state index contributed by atoms with van der Waals surface area (Å²) in [5, 5.41) is 3.05. The Kier molecular flexibility index (Phi) is 9.00. The number of hydrogen-bond donors (Lipinski definition) is 1. The van der Waals surface area contributed by atoms with Crippen LogP contribution in [-0.2, 0) is 27.4 Å². The number of halogens is 1. The third-order valence-corrected chi connectivity index (χ3v) is 4.89. The zero-order valence-electron chi connectivity index (χ0n) is 18.5. The highest BCUT2D eigenvalue weighted by atomic mass is 35.5. The second-order valence-electron chi connectivity index (χ2n) is 6.95. The number of nitrogens with zero attached hydrogens (tertiary/aromatic N) is 2. The van der Waals surface area contributed by atoms with E-state index in [2.05, 4.69) is 10.3 Å². The predicted octanol–water partition coefficient (Wildman–Crippen LogP) is 4.71. The van der Waals surface area contributed by atoms with Crippen molar-refractivity contribution in [3.8, 4) is 11.4 Å². The molecular formula is C24H26ClN3O5. The molecule has 0 saturated carbocycles. The van der Waals surface area contributed by atoms with Crippen LogP contribution in [0.15, 0.2) is 65.6 Å². The Labute approximate surface area is 197 Å². The summed E-state index contributed by atoms with van der Waals surface area (Å²) < 4.78 is 17.9. The molecule has 1 amide bonds. The zero-order valence-corrected chi connectivity index (χ0v) is 19.2. The molecule has 0 aliphatic carbocycles. The molecule has 174 valence electrons. The van der Waals surface area contributed by atoms with Crippen molar-refractivity contribution >= 4 is 23.4 Å². The van der Waals surface area contributed by atoms with Crippen LogP contribution in [0.4, 0.5) is 10.5 Å². The van der Waals surface area contributed by atoms with E-state index in [1.807, 2.05) is 44.2 Å². The van der Waals surface area contributed by atoms with Crippen molar-refractivity contribution in [3.63, 3.8) is 0 Å². The van der Waals surface area contributed by atoms with Crippen LogP contribution in [-0.4, -0.2) is 35.1 Å². The van der Waals surface area contributed by atoms with Gasteiger partial charge >= 0.3 is 6.09 Å². The summed E-state index contributed by atoms with van der Waals surface area (Å²) in [6, 6.07) is 16.2. The molecule has 1 aromatic heterocycles. The number of benzene rings is 2. The van der Waals surface area contributed by atoms with Gasteiger partial charge in [-0.2, -0.15) is 0 Å². The van der Waals surface area contributed by atoms with Gasteiger partial charge in [0, 0.05) is 23.8 Å². The summed E-state index contributed by atoms with van der Waals surface area (Å²) in [4.78, 5) is 30.0. The standard InChI is InChI=1S/C24H26ClN3O5/c1-3-31-21(32-4-2)15-28-22(18-10-12-19(25)13-11-18)26-14-20(23(28)29)27-24(30)33-16-17-8-6-5-7-9-17/h5-14,21H,3-4,15-16H2,1-2H3,(H,27,30). The summed E-state index contributed by atoms with van der Waals surface area (Å²) in [5.41, 5.74) is 1.03. The topological polar surface area (TPSA) is 91.7 Å². The van der Waals surface area contributed by atoms with Crippen LogP contribution in [0.3, 0.4) is 0 Å². The quantitative estimate of drug-likeness (QED) is 0.430. The number of ether oxygens (including phenoxy) is 3. The van der Waals surface area contributed by atoms with E-state index in [0.717, 1.165) is 5.56 Å². The molecule has 33 heavy (non-hydrogen) atoms. The first-order chi connectivity index (χ1) is 16.0. The van der Waals surface area contributed by atoms with E-state index < -0.39 is 17.9 Å². The van der Waals surface area contributed by atoms with Crippen LogP contribution in [0.5, 0.6) is 0 Å². The fourth-order valence-corrected chi connectivity index (χ4v) is 3.25. The number of amides is 1. The van der Waals surface area contributed by atoms with Gasteiger partial charge < -0.3 is 14.2 Å². The van der Waals surface area contributed by atoms with Gasteiger partial charge in [0.1, 0.15) is 18.1 Å². The number of aromatic nitrogens is 2. The van der Waals surface area contributed by atoms with Gasteiger partial charge in [-0.3, -0.25) is 14.7 Å². The Morgan fingerprint density at radius 2 is 1.73 bits per heavy atom. The first-order valence-corrected chi connectivity index (χ1v) is 11.0. The molecule has 0 radical (unpaired) electrons. The Balaban J connectivity index is 1.87. The fraction of sp³-hybridized carbons (Fsp3) is 0.292. The molecular weight excluding hydrogens is 446 g/mol. The van der Waals surface area contributed by atoms with E-state index in [1.165, 1.54) is 10.8 Å². The normalized spacial score (nSPS) is 10.9. The molecule has 0 aliphatic rings. The molecule has 3 aromatic rings. The van der Waals surface area contributed by atoms with Crippen LogP contribution in [0.2, 0.25) is 5.02 Å². The van der Waals surface area contributed by atoms with Crippen LogP contribution in [0.25, 0.3) is 11.4 Å². The van der Waals surface area contributed by atoms with Gasteiger partial charge in [0.15, 0.2) is 6.29 Å². The largest absolute Gasteiger partial charge is 0.444 e. The molecule has 9 heteroatoms. The number of rotatable bonds is 10. The minimum absolute atomic E-state index is 0.0162. The number of anilines is 1. The lowest BCUT2D eigenvalue weighted by Gasteiger charge is -2.21. The predicted molar refractivity (Wildman–Crippen MR) is 126 cm³/mol. The van der Waals surface area contributed by atoms with E-state index in [0.29, 0.717) is 29.6 Å². The third kappa shape index (κ3) is 6.89. The summed E-state index contributed by atoms with van der Waals surface area (Å²) in [7, 11) is 0. The first kappa shape index (κ1) is 24.4. The Morgan fingerprint density at radius 1 is 1.06 bits per heavy atom. The molecule has 0 aliphatic heterocycles.